The molecule has 5 nitrogen and oxygen atoms in total. The summed E-state index contributed by atoms with van der Waals surface area (Å²) in [7, 11) is 1.74. The van der Waals surface area contributed by atoms with Crippen LogP contribution < -0.4 is 0 Å². The number of carbonyl (C=O) groups excluding carboxylic acids is 1. The minimum Gasteiger partial charge on any atom is -0.478 e. The predicted molar refractivity (Wildman–Crippen MR) is 89.4 cm³/mol. The number of hydrogen-bond acceptors (Lipinski definition) is 3. The lowest BCUT2D eigenvalue weighted by atomic mass is 9.95. The molecule has 1 aromatic carbocycles. The molecule has 0 spiro atoms. The van der Waals surface area contributed by atoms with Gasteiger partial charge >= 0.3 is 5.97 Å². The molecule has 0 saturated heterocycles. The van der Waals surface area contributed by atoms with Gasteiger partial charge < -0.3 is 14.4 Å². The number of furan rings is 1. The van der Waals surface area contributed by atoms with E-state index in [0.717, 1.165) is 12.8 Å². The lowest BCUT2D eigenvalue weighted by Crippen LogP contribution is -2.34. The van der Waals surface area contributed by atoms with Gasteiger partial charge in [-0.25, -0.2) is 4.79 Å². The van der Waals surface area contributed by atoms with Gasteiger partial charge in [-0.15, -0.1) is 0 Å². The van der Waals surface area contributed by atoms with Crippen molar-refractivity contribution < 1.29 is 19.1 Å². The number of aromatic carboxylic acids is 1. The van der Waals surface area contributed by atoms with Crippen molar-refractivity contribution in [3.8, 4) is 0 Å². The van der Waals surface area contributed by atoms with Crippen LogP contribution in [0.15, 0.2) is 40.8 Å². The molecule has 3 rings (SSSR count). The number of nitrogens with zero attached hydrogens (tertiary/aromatic N) is 1. The third kappa shape index (κ3) is 2.94. The number of amides is 1. The number of benzene rings is 1. The first kappa shape index (κ1) is 16.3. The number of rotatable bonds is 6. The van der Waals surface area contributed by atoms with Crippen LogP contribution in [0.25, 0.3) is 0 Å². The molecule has 1 aromatic heterocycles. The molecule has 0 atom stereocenters. The van der Waals surface area contributed by atoms with Crippen molar-refractivity contribution in [2.24, 2.45) is 0 Å². The zero-order valence-electron chi connectivity index (χ0n) is 13.9. The van der Waals surface area contributed by atoms with Crippen LogP contribution in [0, 0.1) is 0 Å². The summed E-state index contributed by atoms with van der Waals surface area (Å²) in [6.07, 6.45) is 2.54. The summed E-state index contributed by atoms with van der Waals surface area (Å²) in [6.45, 7) is 2.40. The molecule has 0 radical (unpaired) electrons. The van der Waals surface area contributed by atoms with Crippen LogP contribution in [0.1, 0.15) is 52.0 Å². The minimum absolute atomic E-state index is 0.0154. The second-order valence-corrected chi connectivity index (χ2v) is 6.41. The highest BCUT2D eigenvalue weighted by molar-refractivity contribution is 5.96. The van der Waals surface area contributed by atoms with Crippen molar-refractivity contribution in [3.05, 3.63) is 59.0 Å². The smallest absolute Gasteiger partial charge is 0.339 e. The predicted octanol–water partition coefficient (Wildman–Crippen LogP) is 3.34. The zero-order valence-corrected chi connectivity index (χ0v) is 13.9. The number of aryl methyl sites for hydroxylation is 1. The molecule has 24 heavy (non-hydrogen) atoms. The molecule has 1 aliphatic carbocycles. The summed E-state index contributed by atoms with van der Waals surface area (Å²) >= 11 is 0. The number of carboxylic acid groups (broad SMARTS) is 1. The summed E-state index contributed by atoms with van der Waals surface area (Å²) in [5.74, 6) is -0.918. The van der Waals surface area contributed by atoms with E-state index in [0.29, 0.717) is 18.7 Å². The van der Waals surface area contributed by atoms with E-state index < -0.39 is 5.97 Å². The third-order valence-corrected chi connectivity index (χ3v) is 4.70. The normalized spacial score (nSPS) is 15.1. The van der Waals surface area contributed by atoms with Gasteiger partial charge in [-0.2, -0.15) is 0 Å². The molecule has 2 aromatic rings. The van der Waals surface area contributed by atoms with E-state index in [9.17, 15) is 14.7 Å². The first-order chi connectivity index (χ1) is 11.5. The number of likely N-dealkylation sites (N-methyl/N-ethyl adjacent to an activating group) is 1. The van der Waals surface area contributed by atoms with E-state index >= 15 is 0 Å². The topological polar surface area (TPSA) is 70.8 Å². The molecule has 1 amide bonds. The Balaban J connectivity index is 1.77. The van der Waals surface area contributed by atoms with Crippen molar-refractivity contribution in [1.82, 2.24) is 4.90 Å². The van der Waals surface area contributed by atoms with Crippen molar-refractivity contribution >= 4 is 11.9 Å². The maximum atomic E-state index is 12.6. The fraction of sp³-hybridized carbons (Fsp3) is 0.368. The average molecular weight is 327 g/mol. The molecule has 1 fully saturated rings. The van der Waals surface area contributed by atoms with E-state index in [1.165, 1.54) is 11.6 Å². The Morgan fingerprint density at radius 1 is 1.25 bits per heavy atom. The first-order valence-corrected chi connectivity index (χ1v) is 8.14. The lowest BCUT2D eigenvalue weighted by molar-refractivity contribution is 0.0692. The molecule has 1 saturated carbocycles. The van der Waals surface area contributed by atoms with Gasteiger partial charge in [0.05, 0.1) is 0 Å². The summed E-state index contributed by atoms with van der Waals surface area (Å²) in [4.78, 5) is 25.5. The fourth-order valence-corrected chi connectivity index (χ4v) is 3.17. The van der Waals surface area contributed by atoms with Gasteiger partial charge in [0.15, 0.2) is 5.76 Å². The van der Waals surface area contributed by atoms with Gasteiger partial charge in [-0.05, 0) is 18.4 Å². The molecule has 0 aliphatic heterocycles. The van der Waals surface area contributed by atoms with Gasteiger partial charge in [0.25, 0.3) is 5.91 Å². The van der Waals surface area contributed by atoms with Crippen molar-refractivity contribution in [2.45, 2.75) is 31.6 Å². The second kappa shape index (κ2) is 6.15. The van der Waals surface area contributed by atoms with Gasteiger partial charge in [0.1, 0.15) is 11.3 Å². The number of carbonyl (C=O) groups is 2. The molecule has 126 valence electrons. The Bertz CT molecular complexity index is 759. The molecule has 1 N–H and O–H groups in total. The quantitative estimate of drug-likeness (QED) is 0.883. The van der Waals surface area contributed by atoms with E-state index in [1.54, 1.807) is 18.9 Å². The summed E-state index contributed by atoms with van der Waals surface area (Å²) < 4.78 is 5.48. The van der Waals surface area contributed by atoms with Gasteiger partial charge in [-0.1, -0.05) is 37.3 Å². The Kier molecular flexibility index (Phi) is 4.18. The number of hydrogen-bond donors (Lipinski definition) is 1. The van der Waals surface area contributed by atoms with Crippen molar-refractivity contribution in [2.75, 3.05) is 13.6 Å². The molecule has 0 bridgehead atoms. The third-order valence-electron chi connectivity index (χ3n) is 4.70. The Labute approximate surface area is 140 Å². The van der Waals surface area contributed by atoms with E-state index in [1.807, 2.05) is 18.2 Å². The highest BCUT2D eigenvalue weighted by Gasteiger charge is 2.45. The van der Waals surface area contributed by atoms with Crippen molar-refractivity contribution in [3.63, 3.8) is 0 Å². The Morgan fingerprint density at radius 3 is 2.42 bits per heavy atom. The van der Waals surface area contributed by atoms with Gasteiger partial charge in [0.2, 0.25) is 0 Å². The zero-order chi connectivity index (χ0) is 17.3. The SMILES string of the molecule is CCc1oc(C(=O)N(C)CC2(c3ccccc3)CC2)cc1C(=O)O. The molecule has 5 heteroatoms. The summed E-state index contributed by atoms with van der Waals surface area (Å²) in [6, 6.07) is 11.5. The highest BCUT2D eigenvalue weighted by atomic mass is 16.4. The van der Waals surface area contributed by atoms with Crippen LogP contribution in [-0.4, -0.2) is 35.5 Å². The standard InChI is InChI=1S/C19H21NO4/c1-3-15-14(18(22)23)11-16(24-15)17(21)20(2)12-19(9-10-19)13-7-5-4-6-8-13/h4-8,11H,3,9-10,12H2,1-2H3,(H,22,23). The van der Waals surface area contributed by atoms with Crippen LogP contribution in [0.2, 0.25) is 0 Å². The number of carboxylic acids is 1. The highest BCUT2D eigenvalue weighted by Crippen LogP contribution is 2.48. The minimum atomic E-state index is -1.07. The van der Waals surface area contributed by atoms with Crippen molar-refractivity contribution in [1.29, 1.82) is 0 Å². The van der Waals surface area contributed by atoms with E-state index in [4.69, 9.17) is 4.42 Å². The summed E-state index contributed by atoms with van der Waals surface area (Å²) in [5.41, 5.74) is 1.32. The molecular formula is C19H21NO4. The fourth-order valence-electron chi connectivity index (χ4n) is 3.17. The molecular weight excluding hydrogens is 306 g/mol. The monoisotopic (exact) mass is 327 g/mol. The van der Waals surface area contributed by atoms with Crippen LogP contribution in [-0.2, 0) is 11.8 Å². The average Bonchev–Trinajstić information content (AvgIpc) is 3.23. The Hall–Kier alpha value is -2.56. The molecule has 1 heterocycles. The maximum absolute atomic E-state index is 12.6. The van der Waals surface area contributed by atoms with Crippen LogP contribution >= 0.6 is 0 Å². The molecule has 0 unspecified atom stereocenters. The van der Waals surface area contributed by atoms with Gasteiger partial charge in [0, 0.05) is 31.5 Å². The van der Waals surface area contributed by atoms with E-state index in [2.05, 4.69) is 12.1 Å². The van der Waals surface area contributed by atoms with Gasteiger partial charge in [-0.3, -0.25) is 4.79 Å². The van der Waals surface area contributed by atoms with Crippen LogP contribution in [0.4, 0.5) is 0 Å². The van der Waals surface area contributed by atoms with Crippen LogP contribution in [0.3, 0.4) is 0 Å². The Morgan fingerprint density at radius 2 is 1.92 bits per heavy atom. The lowest BCUT2D eigenvalue weighted by Gasteiger charge is -2.23. The molecule has 1 aliphatic rings. The van der Waals surface area contributed by atoms with E-state index in [-0.39, 0.29) is 22.6 Å². The van der Waals surface area contributed by atoms with Crippen LogP contribution in [0.5, 0.6) is 0 Å². The summed E-state index contributed by atoms with van der Waals surface area (Å²) in [5, 5.41) is 9.19. The maximum Gasteiger partial charge on any atom is 0.339 e. The second-order valence-electron chi connectivity index (χ2n) is 6.41. The first-order valence-electron chi connectivity index (χ1n) is 8.14. The largest absolute Gasteiger partial charge is 0.478 e.